The number of carboxylic acids is 1. The van der Waals surface area contributed by atoms with Crippen LogP contribution in [0.25, 0.3) is 0 Å². The lowest BCUT2D eigenvalue weighted by molar-refractivity contribution is -0.142. The number of nitrogens with two attached hydrogens (primary N) is 2. The van der Waals surface area contributed by atoms with Gasteiger partial charge in [0.25, 0.3) is 0 Å². The lowest BCUT2D eigenvalue weighted by atomic mass is 10.1. The number of hydrogen-bond acceptors (Lipinski definition) is 9. The van der Waals surface area contributed by atoms with Crippen LogP contribution >= 0.6 is 24.4 Å². The van der Waals surface area contributed by atoms with E-state index in [1.165, 1.54) is 24.3 Å². The van der Waals surface area contributed by atoms with Crippen molar-refractivity contribution in [3.8, 4) is 0 Å². The maximum absolute atomic E-state index is 12.9. The third-order valence-electron chi connectivity index (χ3n) is 4.68. The first-order valence-electron chi connectivity index (χ1n) is 10.3. The second-order valence-electron chi connectivity index (χ2n) is 7.38. The summed E-state index contributed by atoms with van der Waals surface area (Å²) in [5, 5.41) is 16.9. The Morgan fingerprint density at radius 3 is 2.18 bits per heavy atom. The van der Waals surface area contributed by atoms with Crippen LogP contribution in [-0.2, 0) is 30.4 Å². The van der Waals surface area contributed by atoms with E-state index in [-0.39, 0.29) is 31.4 Å². The number of imidazole rings is 1. The smallest absolute Gasteiger partial charge is 0.326 e. The average Bonchev–Trinajstić information content (AvgIpc) is 3.30. The molecule has 1 rings (SSSR count). The molecule has 0 fully saturated rings. The van der Waals surface area contributed by atoms with Crippen LogP contribution in [0.5, 0.6) is 0 Å². The van der Waals surface area contributed by atoms with Gasteiger partial charge in [-0.1, -0.05) is 0 Å². The van der Waals surface area contributed by atoms with Crippen LogP contribution < -0.4 is 27.4 Å². The largest absolute Gasteiger partial charge is 0.480 e. The Kier molecular flexibility index (Phi) is 13.1. The molecule has 1 heterocycles. The monoisotopic (exact) mass is 517 g/mol. The highest BCUT2D eigenvalue weighted by molar-refractivity contribution is 7.98. The number of carbonyl (C=O) groups is 5. The number of aromatic nitrogens is 2. The van der Waals surface area contributed by atoms with Crippen LogP contribution in [0.2, 0.25) is 0 Å². The first-order valence-corrected chi connectivity index (χ1v) is 12.4. The number of H-pyrrole nitrogens is 1. The molecule has 0 aliphatic heterocycles. The molecule has 1 aromatic rings. The highest BCUT2D eigenvalue weighted by Gasteiger charge is 2.30. The highest BCUT2D eigenvalue weighted by atomic mass is 32.2. The number of nitrogens with zero attached hydrogens (tertiary/aromatic N) is 1. The standard InChI is InChI=1S/C19H31N7O6S2/c1-34-5-4-13(24-16(28)11(20)8-33)18(30)25-12(2-3-15(21)27)17(29)26-14(19(31)32)6-10-7-22-9-23-10/h7,9,11-14,33H,2-6,8,20H2,1H3,(H2,21,27)(H,22,23)(H,24,28)(H,25,30)(H,26,29)(H,31,32). The molecule has 4 amide bonds. The summed E-state index contributed by atoms with van der Waals surface area (Å²) in [5.41, 5.74) is 11.3. The van der Waals surface area contributed by atoms with Crippen LogP contribution in [0.15, 0.2) is 12.5 Å². The first-order chi connectivity index (χ1) is 16.1. The Hall–Kier alpha value is -2.78. The molecule has 0 radical (unpaired) electrons. The van der Waals surface area contributed by atoms with E-state index in [0.717, 1.165) is 0 Å². The summed E-state index contributed by atoms with van der Waals surface area (Å²) in [7, 11) is 0. The van der Waals surface area contributed by atoms with Crippen molar-refractivity contribution in [1.82, 2.24) is 25.9 Å². The van der Waals surface area contributed by atoms with Gasteiger partial charge in [-0.05, 0) is 24.9 Å². The van der Waals surface area contributed by atoms with E-state index in [4.69, 9.17) is 11.5 Å². The predicted molar refractivity (Wildman–Crippen MR) is 129 cm³/mol. The minimum absolute atomic E-state index is 0.0687. The SMILES string of the molecule is CSCCC(NC(=O)C(N)CS)C(=O)NC(CCC(N)=O)C(=O)NC(Cc1cnc[nH]1)C(=O)O. The van der Waals surface area contributed by atoms with Crippen molar-refractivity contribution < 1.29 is 29.1 Å². The van der Waals surface area contributed by atoms with Crippen molar-refractivity contribution in [3.05, 3.63) is 18.2 Å². The zero-order valence-corrected chi connectivity index (χ0v) is 20.4. The summed E-state index contributed by atoms with van der Waals surface area (Å²) < 4.78 is 0. The van der Waals surface area contributed by atoms with Crippen LogP contribution in [-0.4, -0.2) is 86.6 Å². The number of carboxylic acid groups (broad SMARTS) is 1. The summed E-state index contributed by atoms with van der Waals surface area (Å²) >= 11 is 5.42. The van der Waals surface area contributed by atoms with E-state index in [2.05, 4.69) is 38.5 Å². The topological polar surface area (TPSA) is 222 Å². The van der Waals surface area contributed by atoms with Crippen molar-refractivity contribution in [2.75, 3.05) is 17.8 Å². The maximum Gasteiger partial charge on any atom is 0.326 e. The number of primary amides is 1. The molecule has 1 aromatic heterocycles. The van der Waals surface area contributed by atoms with Crippen molar-refractivity contribution in [3.63, 3.8) is 0 Å². The van der Waals surface area contributed by atoms with Gasteiger partial charge < -0.3 is 37.5 Å². The van der Waals surface area contributed by atoms with Gasteiger partial charge in [0.1, 0.15) is 18.1 Å². The average molecular weight is 518 g/mol. The van der Waals surface area contributed by atoms with E-state index in [1.807, 2.05) is 6.26 Å². The molecule has 9 N–H and O–H groups in total. The van der Waals surface area contributed by atoms with E-state index >= 15 is 0 Å². The van der Waals surface area contributed by atoms with Gasteiger partial charge >= 0.3 is 5.97 Å². The summed E-state index contributed by atoms with van der Waals surface area (Å²) in [6, 6.07) is -4.52. The Balaban J connectivity index is 2.97. The molecule has 0 bridgehead atoms. The van der Waals surface area contributed by atoms with Gasteiger partial charge in [-0.25, -0.2) is 9.78 Å². The lowest BCUT2D eigenvalue weighted by Crippen LogP contribution is -2.57. The molecule has 190 valence electrons. The Morgan fingerprint density at radius 1 is 1.09 bits per heavy atom. The van der Waals surface area contributed by atoms with Crippen molar-refractivity contribution in [1.29, 1.82) is 0 Å². The third kappa shape index (κ3) is 10.4. The van der Waals surface area contributed by atoms with Crippen LogP contribution in [0.4, 0.5) is 0 Å². The number of nitrogens with one attached hydrogen (secondary N) is 4. The van der Waals surface area contributed by atoms with Gasteiger partial charge in [0.2, 0.25) is 23.6 Å². The molecule has 0 aliphatic carbocycles. The molecule has 0 saturated heterocycles. The van der Waals surface area contributed by atoms with Gasteiger partial charge in [0.05, 0.1) is 12.4 Å². The normalized spacial score (nSPS) is 14.3. The third-order valence-corrected chi connectivity index (χ3v) is 5.72. The maximum atomic E-state index is 12.9. The number of hydrogen-bond donors (Lipinski definition) is 8. The van der Waals surface area contributed by atoms with Crippen molar-refractivity contribution in [2.45, 2.75) is 49.9 Å². The molecule has 4 unspecified atom stereocenters. The van der Waals surface area contributed by atoms with Crippen LogP contribution in [0, 0.1) is 0 Å². The lowest BCUT2D eigenvalue weighted by Gasteiger charge is -2.25. The summed E-state index contributed by atoms with van der Waals surface area (Å²) in [4.78, 5) is 67.4. The molecular weight excluding hydrogens is 486 g/mol. The molecule has 15 heteroatoms. The van der Waals surface area contributed by atoms with Crippen molar-refractivity contribution >= 4 is 54.0 Å². The molecule has 34 heavy (non-hydrogen) atoms. The summed E-state index contributed by atoms with van der Waals surface area (Å²) in [6.45, 7) is 0. The fraction of sp³-hybridized carbons (Fsp3) is 0.579. The van der Waals surface area contributed by atoms with Crippen molar-refractivity contribution in [2.24, 2.45) is 11.5 Å². The van der Waals surface area contributed by atoms with Gasteiger partial charge in [0, 0.05) is 30.5 Å². The number of thioether (sulfide) groups is 1. The highest BCUT2D eigenvalue weighted by Crippen LogP contribution is 2.06. The number of aromatic amines is 1. The number of amides is 4. The van der Waals surface area contributed by atoms with Crippen LogP contribution in [0.1, 0.15) is 25.0 Å². The number of aliphatic carboxylic acids is 1. The molecular formula is C19H31N7O6S2. The second-order valence-corrected chi connectivity index (χ2v) is 8.73. The number of rotatable bonds is 16. The molecule has 0 aromatic carbocycles. The van der Waals surface area contributed by atoms with Gasteiger partial charge in [-0.3, -0.25) is 19.2 Å². The Morgan fingerprint density at radius 2 is 1.68 bits per heavy atom. The van der Waals surface area contributed by atoms with Gasteiger partial charge in [-0.2, -0.15) is 24.4 Å². The molecule has 0 spiro atoms. The van der Waals surface area contributed by atoms with E-state index in [9.17, 15) is 29.1 Å². The van der Waals surface area contributed by atoms with E-state index in [1.54, 1.807) is 0 Å². The second kappa shape index (κ2) is 15.2. The fourth-order valence-corrected chi connectivity index (χ4v) is 3.42. The minimum atomic E-state index is -1.32. The number of carbonyl (C=O) groups excluding carboxylic acids is 4. The quantitative estimate of drug-likeness (QED) is 0.111. The summed E-state index contributed by atoms with van der Waals surface area (Å²) in [6.07, 6.45) is 4.39. The summed E-state index contributed by atoms with van der Waals surface area (Å²) in [5.74, 6) is -3.49. The molecule has 0 aliphatic rings. The Bertz CT molecular complexity index is 839. The van der Waals surface area contributed by atoms with Crippen LogP contribution in [0.3, 0.4) is 0 Å². The molecule has 0 saturated carbocycles. The van der Waals surface area contributed by atoms with Gasteiger partial charge in [0.15, 0.2) is 0 Å². The minimum Gasteiger partial charge on any atom is -0.480 e. The molecule has 4 atom stereocenters. The van der Waals surface area contributed by atoms with Gasteiger partial charge in [-0.15, -0.1) is 0 Å². The van der Waals surface area contributed by atoms with E-state index < -0.39 is 53.8 Å². The first kappa shape index (κ1) is 29.3. The molecule has 13 nitrogen and oxygen atoms in total. The van der Waals surface area contributed by atoms with E-state index in [0.29, 0.717) is 11.4 Å². The predicted octanol–water partition coefficient (Wildman–Crippen LogP) is -2.23. The Labute approximate surface area is 206 Å². The number of thiol groups is 1. The fourth-order valence-electron chi connectivity index (χ4n) is 2.78. The zero-order valence-electron chi connectivity index (χ0n) is 18.7. The zero-order chi connectivity index (χ0) is 25.7.